The predicted octanol–water partition coefficient (Wildman–Crippen LogP) is 4.87. The van der Waals surface area contributed by atoms with Gasteiger partial charge in [-0.2, -0.15) is 0 Å². The van der Waals surface area contributed by atoms with Gasteiger partial charge in [0.05, 0.1) is 30.7 Å². The van der Waals surface area contributed by atoms with Crippen LogP contribution < -0.4 is 14.8 Å². The first-order valence-corrected chi connectivity index (χ1v) is 17.0. The van der Waals surface area contributed by atoms with Gasteiger partial charge in [0.2, 0.25) is 0 Å². The highest BCUT2D eigenvalue weighted by molar-refractivity contribution is 6.21. The minimum Gasteiger partial charge on any atom is -0.497 e. The summed E-state index contributed by atoms with van der Waals surface area (Å²) in [6.45, 7) is 10.2. The van der Waals surface area contributed by atoms with E-state index in [1.165, 1.54) is 4.90 Å². The number of nitrogens with zero attached hydrogens (tertiary/aromatic N) is 5. The average molecular weight is 685 g/mol. The number of aromatic nitrogens is 3. The Labute approximate surface area is 291 Å². The van der Waals surface area contributed by atoms with Crippen molar-refractivity contribution in [1.29, 1.82) is 0 Å². The van der Waals surface area contributed by atoms with Crippen LogP contribution in [0.15, 0.2) is 61.1 Å². The van der Waals surface area contributed by atoms with Crippen LogP contribution in [0.1, 0.15) is 66.6 Å². The zero-order valence-corrected chi connectivity index (χ0v) is 29.3. The summed E-state index contributed by atoms with van der Waals surface area (Å²) in [6, 6.07) is 14.9. The molecule has 2 amide bonds. The molecule has 2 aromatic carbocycles. The monoisotopic (exact) mass is 684 g/mol. The van der Waals surface area contributed by atoms with Gasteiger partial charge in [-0.1, -0.05) is 12.1 Å². The molecule has 5 heterocycles. The average Bonchev–Trinajstić information content (AvgIpc) is 3.83. The number of imide groups is 1. The quantitative estimate of drug-likeness (QED) is 0.194. The fourth-order valence-electron chi connectivity index (χ4n) is 7.19. The number of methoxy groups -OCH3 is 2. The molecule has 0 radical (unpaired) electrons. The van der Waals surface area contributed by atoms with Crippen molar-refractivity contribution >= 4 is 28.7 Å². The highest BCUT2D eigenvalue weighted by Gasteiger charge is 2.56. The van der Waals surface area contributed by atoms with Crippen molar-refractivity contribution < 1.29 is 33.3 Å². The van der Waals surface area contributed by atoms with E-state index in [-0.39, 0.29) is 36.2 Å². The minimum atomic E-state index is -0.786. The third kappa shape index (κ3) is 6.30. The standard InChI is InChI=1S/C37H44N6O7/c1-22(2)41(15-9-16-43-34(44)25-10-7-8-11-26(25)35(43)45)20-29-30-31(50-37(3,4)49-30)36(48-29)42-17-14-27-32(39-21-40-33(27)42)38-19-23-12-13-24(46-5)18-28(23)47-6/h7-8,10-14,17-18,21-22,29-31,36H,9,15-16,19-20H2,1-6H3,(H,38,39,40)/t29-,30-,31-,36-/m1/s1. The van der Waals surface area contributed by atoms with E-state index in [1.54, 1.807) is 44.8 Å². The van der Waals surface area contributed by atoms with Crippen LogP contribution in [-0.2, 0) is 20.8 Å². The number of nitrogens with one attached hydrogen (secondary N) is 1. The van der Waals surface area contributed by atoms with E-state index in [4.69, 9.17) is 23.7 Å². The van der Waals surface area contributed by atoms with Crippen LogP contribution in [0.25, 0.3) is 11.0 Å². The Morgan fingerprint density at radius 3 is 2.42 bits per heavy atom. The summed E-state index contributed by atoms with van der Waals surface area (Å²) in [4.78, 5) is 38.7. The maximum atomic E-state index is 12.9. The van der Waals surface area contributed by atoms with E-state index in [2.05, 4.69) is 34.0 Å². The van der Waals surface area contributed by atoms with Gasteiger partial charge >= 0.3 is 0 Å². The maximum Gasteiger partial charge on any atom is 0.261 e. The fraction of sp³-hybridized carbons (Fsp3) is 0.459. The number of hydrogen-bond acceptors (Lipinski definition) is 11. The largest absolute Gasteiger partial charge is 0.497 e. The van der Waals surface area contributed by atoms with Gasteiger partial charge in [-0.3, -0.25) is 19.4 Å². The van der Waals surface area contributed by atoms with Crippen LogP contribution >= 0.6 is 0 Å². The van der Waals surface area contributed by atoms with Gasteiger partial charge in [0, 0.05) is 50.0 Å². The van der Waals surface area contributed by atoms with Gasteiger partial charge in [-0.05, 0) is 64.4 Å². The molecule has 0 saturated carbocycles. The first kappa shape index (κ1) is 33.9. The molecule has 7 rings (SSSR count). The summed E-state index contributed by atoms with van der Waals surface area (Å²) >= 11 is 0. The van der Waals surface area contributed by atoms with E-state index in [9.17, 15) is 9.59 Å². The molecule has 3 aliphatic rings. The summed E-state index contributed by atoms with van der Waals surface area (Å²) in [7, 11) is 3.26. The van der Waals surface area contributed by atoms with Crippen LogP contribution in [0.4, 0.5) is 5.82 Å². The summed E-state index contributed by atoms with van der Waals surface area (Å²) in [5.41, 5.74) is 2.61. The number of carbonyl (C=O) groups is 2. The van der Waals surface area contributed by atoms with Crippen molar-refractivity contribution in [3.8, 4) is 11.5 Å². The Kier molecular flexibility index (Phi) is 9.24. The Bertz CT molecular complexity index is 1860. The summed E-state index contributed by atoms with van der Waals surface area (Å²) in [5.74, 6) is 0.881. The second kappa shape index (κ2) is 13.6. The molecule has 264 valence electrons. The smallest absolute Gasteiger partial charge is 0.261 e. The van der Waals surface area contributed by atoms with Crippen molar-refractivity contribution in [3.05, 3.63) is 77.7 Å². The molecule has 3 aliphatic heterocycles. The van der Waals surface area contributed by atoms with Gasteiger partial charge in [0.25, 0.3) is 11.8 Å². The van der Waals surface area contributed by atoms with Gasteiger partial charge in [0.1, 0.15) is 47.6 Å². The van der Waals surface area contributed by atoms with Crippen LogP contribution in [0.3, 0.4) is 0 Å². The van der Waals surface area contributed by atoms with Crippen LogP contribution in [0, 0.1) is 0 Å². The highest BCUT2D eigenvalue weighted by atomic mass is 16.8. The molecule has 13 nitrogen and oxygen atoms in total. The molecular weight excluding hydrogens is 640 g/mol. The van der Waals surface area contributed by atoms with Crippen LogP contribution in [-0.4, -0.2) is 100 Å². The Morgan fingerprint density at radius 2 is 1.72 bits per heavy atom. The summed E-state index contributed by atoms with van der Waals surface area (Å²) in [6.07, 6.45) is 2.67. The number of benzene rings is 2. The number of fused-ring (bicyclic) bond motifs is 3. The normalized spacial score (nSPS) is 22.5. The van der Waals surface area contributed by atoms with Gasteiger partial charge in [0.15, 0.2) is 12.0 Å². The Balaban J connectivity index is 1.06. The third-order valence-corrected chi connectivity index (χ3v) is 9.70. The van der Waals surface area contributed by atoms with Crippen molar-refractivity contribution in [3.63, 3.8) is 0 Å². The highest BCUT2D eigenvalue weighted by Crippen LogP contribution is 2.44. The van der Waals surface area contributed by atoms with Crippen molar-refractivity contribution in [1.82, 2.24) is 24.3 Å². The van der Waals surface area contributed by atoms with Gasteiger partial charge < -0.3 is 33.6 Å². The zero-order valence-electron chi connectivity index (χ0n) is 29.3. The number of amides is 2. The van der Waals surface area contributed by atoms with E-state index in [0.717, 1.165) is 22.4 Å². The number of ether oxygens (including phenoxy) is 5. The molecule has 0 spiro atoms. The third-order valence-electron chi connectivity index (χ3n) is 9.70. The lowest BCUT2D eigenvalue weighted by Gasteiger charge is -2.32. The van der Waals surface area contributed by atoms with E-state index in [1.807, 2.05) is 48.9 Å². The Morgan fingerprint density at radius 1 is 0.980 bits per heavy atom. The SMILES string of the molecule is COc1ccc(CNc2ncnc3c2ccn3[C@@H]2O[C@H](CN(CCCN3C(=O)c4ccccc4C3=O)C(C)C)[C@H]3OC(C)(C)O[C@H]32)c(OC)c1. The lowest BCUT2D eigenvalue weighted by atomic mass is 10.1. The second-order valence-electron chi connectivity index (χ2n) is 13.6. The molecule has 2 aromatic heterocycles. The zero-order chi connectivity index (χ0) is 35.2. The number of rotatable bonds is 13. The molecule has 0 unspecified atom stereocenters. The van der Waals surface area contributed by atoms with Crippen molar-refractivity contribution in [2.45, 2.75) is 77.0 Å². The van der Waals surface area contributed by atoms with Crippen molar-refractivity contribution in [2.24, 2.45) is 0 Å². The lowest BCUT2D eigenvalue weighted by molar-refractivity contribution is -0.198. The maximum absolute atomic E-state index is 12.9. The van der Waals surface area contributed by atoms with E-state index < -0.39 is 12.0 Å². The predicted molar refractivity (Wildman–Crippen MR) is 185 cm³/mol. The number of anilines is 1. The van der Waals surface area contributed by atoms with Gasteiger partial charge in [-0.15, -0.1) is 0 Å². The molecular formula is C37H44N6O7. The van der Waals surface area contributed by atoms with Crippen LogP contribution in [0.2, 0.25) is 0 Å². The Hall–Kier alpha value is -4.56. The van der Waals surface area contributed by atoms with E-state index >= 15 is 0 Å². The fourth-order valence-corrected chi connectivity index (χ4v) is 7.19. The number of carbonyl (C=O) groups excluding carboxylic acids is 2. The lowest BCUT2D eigenvalue weighted by Crippen LogP contribution is -2.44. The molecule has 4 aromatic rings. The van der Waals surface area contributed by atoms with E-state index in [0.29, 0.717) is 55.2 Å². The topological polar surface area (TPSA) is 130 Å². The van der Waals surface area contributed by atoms with Crippen molar-refractivity contribution in [2.75, 3.05) is 39.2 Å². The first-order valence-electron chi connectivity index (χ1n) is 17.0. The molecule has 0 aliphatic carbocycles. The summed E-state index contributed by atoms with van der Waals surface area (Å²) in [5, 5.41) is 4.29. The minimum absolute atomic E-state index is 0.187. The molecule has 2 saturated heterocycles. The molecule has 13 heteroatoms. The van der Waals surface area contributed by atoms with Gasteiger partial charge in [-0.25, -0.2) is 9.97 Å². The molecule has 2 fully saturated rings. The second-order valence-corrected chi connectivity index (χ2v) is 13.6. The summed E-state index contributed by atoms with van der Waals surface area (Å²) < 4.78 is 32.6. The van der Waals surface area contributed by atoms with Crippen LogP contribution in [0.5, 0.6) is 11.5 Å². The molecule has 1 N–H and O–H groups in total. The first-order chi connectivity index (χ1) is 24.1. The molecule has 50 heavy (non-hydrogen) atoms. The number of hydrogen-bond donors (Lipinski definition) is 1. The molecule has 4 atom stereocenters. The molecule has 0 bridgehead atoms.